The molecule has 0 amide bonds. The van der Waals surface area contributed by atoms with Crippen molar-refractivity contribution in [2.24, 2.45) is 5.41 Å². The van der Waals surface area contributed by atoms with Crippen LogP contribution in [-0.2, 0) is 0 Å². The van der Waals surface area contributed by atoms with E-state index in [1.54, 1.807) is 54.6 Å². The molecule has 0 N–H and O–H groups in total. The van der Waals surface area contributed by atoms with Crippen LogP contribution in [0.15, 0.2) is 103 Å². The van der Waals surface area contributed by atoms with Crippen molar-refractivity contribution in [3.05, 3.63) is 142 Å². The van der Waals surface area contributed by atoms with Crippen molar-refractivity contribution in [3.8, 4) is 0 Å². The van der Waals surface area contributed by atoms with Crippen molar-refractivity contribution >= 4 is 29.1 Å². The Kier molecular flexibility index (Phi) is 5.08. The third-order valence-corrected chi connectivity index (χ3v) is 8.56. The van der Waals surface area contributed by atoms with E-state index in [2.05, 4.69) is 0 Å². The molecule has 39 heavy (non-hydrogen) atoms. The van der Waals surface area contributed by atoms with Gasteiger partial charge in [-0.1, -0.05) is 103 Å². The van der Waals surface area contributed by atoms with Crippen molar-refractivity contribution in [3.63, 3.8) is 0 Å². The lowest BCUT2D eigenvalue weighted by Gasteiger charge is -2.37. The summed E-state index contributed by atoms with van der Waals surface area (Å²) in [5, 5.41) is 0. The molecule has 1 spiro atoms. The van der Waals surface area contributed by atoms with Gasteiger partial charge in [-0.2, -0.15) is 0 Å². The summed E-state index contributed by atoms with van der Waals surface area (Å²) in [5.41, 5.74) is 2.18. The number of anilines is 1. The maximum atomic E-state index is 15.8. The van der Waals surface area contributed by atoms with Crippen LogP contribution in [-0.4, -0.2) is 29.4 Å². The molecule has 0 bridgehead atoms. The SMILES string of the molecule is Cc1ccc(C(=O)[C@@H]2[C@H](c3ccccc3F)C3(C(=O)c4ccccc4C3=O)[C@@H]3C=Cc4ccccc4N23)cc1. The Morgan fingerprint density at radius 2 is 1.41 bits per heavy atom. The van der Waals surface area contributed by atoms with Gasteiger partial charge in [-0.05, 0) is 30.2 Å². The van der Waals surface area contributed by atoms with Crippen LogP contribution >= 0.6 is 0 Å². The molecule has 1 saturated heterocycles. The first kappa shape index (κ1) is 23.5. The number of nitrogens with zero attached hydrogens (tertiary/aromatic N) is 1. The summed E-state index contributed by atoms with van der Waals surface area (Å²) in [7, 11) is 0. The Morgan fingerprint density at radius 3 is 2.10 bits per heavy atom. The number of hydrogen-bond donors (Lipinski definition) is 0. The Hall–Kier alpha value is -4.64. The van der Waals surface area contributed by atoms with Crippen molar-refractivity contribution in [1.29, 1.82) is 0 Å². The van der Waals surface area contributed by atoms with E-state index in [1.165, 1.54) is 6.07 Å². The molecule has 2 aliphatic heterocycles. The van der Waals surface area contributed by atoms with Gasteiger partial charge >= 0.3 is 0 Å². The number of carbonyl (C=O) groups is 3. The van der Waals surface area contributed by atoms with E-state index in [0.29, 0.717) is 16.7 Å². The Morgan fingerprint density at radius 1 is 0.795 bits per heavy atom. The van der Waals surface area contributed by atoms with Gasteiger partial charge in [0.15, 0.2) is 17.3 Å². The molecule has 3 atom stereocenters. The fourth-order valence-electron chi connectivity index (χ4n) is 6.88. The van der Waals surface area contributed by atoms with Gasteiger partial charge in [0.05, 0.1) is 6.04 Å². The molecule has 3 aliphatic rings. The lowest BCUT2D eigenvalue weighted by molar-refractivity contribution is 0.0664. The molecule has 1 aliphatic carbocycles. The summed E-state index contributed by atoms with van der Waals surface area (Å²) in [4.78, 5) is 45.5. The average Bonchev–Trinajstić information content (AvgIpc) is 3.39. The van der Waals surface area contributed by atoms with E-state index >= 15 is 4.39 Å². The summed E-state index contributed by atoms with van der Waals surface area (Å²) < 4.78 is 15.8. The number of halogens is 1. The van der Waals surface area contributed by atoms with Crippen molar-refractivity contribution in [2.75, 3.05) is 4.90 Å². The van der Waals surface area contributed by atoms with Gasteiger partial charge in [-0.3, -0.25) is 14.4 Å². The van der Waals surface area contributed by atoms with Crippen LogP contribution in [0.4, 0.5) is 10.1 Å². The Balaban J connectivity index is 1.56. The topological polar surface area (TPSA) is 54.5 Å². The second-order valence-corrected chi connectivity index (χ2v) is 10.5. The quantitative estimate of drug-likeness (QED) is 0.233. The summed E-state index contributed by atoms with van der Waals surface area (Å²) in [6.45, 7) is 1.94. The molecule has 0 saturated carbocycles. The second-order valence-electron chi connectivity index (χ2n) is 10.5. The number of Topliss-reactive ketones (excluding diaryl/α,β-unsaturated/α-hetero) is 3. The molecule has 4 aromatic carbocycles. The average molecular weight is 514 g/mol. The first-order valence-corrected chi connectivity index (χ1v) is 13.0. The monoisotopic (exact) mass is 513 g/mol. The zero-order chi connectivity index (χ0) is 26.9. The molecular weight excluding hydrogens is 489 g/mol. The number of hydrogen-bond acceptors (Lipinski definition) is 4. The molecule has 5 heteroatoms. The smallest absolute Gasteiger partial charge is 0.185 e. The van der Waals surface area contributed by atoms with Crippen LogP contribution in [0.3, 0.4) is 0 Å². The lowest BCUT2D eigenvalue weighted by Crippen LogP contribution is -2.48. The highest BCUT2D eigenvalue weighted by atomic mass is 19.1. The number of aryl methyl sites for hydroxylation is 1. The van der Waals surface area contributed by atoms with E-state index in [0.717, 1.165) is 16.8 Å². The van der Waals surface area contributed by atoms with Crippen LogP contribution in [0.5, 0.6) is 0 Å². The standard InChI is InChI=1S/C34H24FNO3/c1-20-14-16-22(17-15-20)31(37)30-29(25-11-5-6-12-26(25)35)34(32(38)23-9-3-4-10-24(23)33(34)39)28-19-18-21-8-2-7-13-27(21)36(28)30/h2-19,28-30H,1H3/t28-,29-,30-/m0/s1. The van der Waals surface area contributed by atoms with Gasteiger partial charge < -0.3 is 4.90 Å². The minimum atomic E-state index is -1.71. The maximum Gasteiger partial charge on any atom is 0.185 e. The van der Waals surface area contributed by atoms with Crippen LogP contribution in [0.2, 0.25) is 0 Å². The third kappa shape index (κ3) is 3.07. The predicted molar refractivity (Wildman–Crippen MR) is 148 cm³/mol. The highest BCUT2D eigenvalue weighted by molar-refractivity contribution is 6.32. The predicted octanol–water partition coefficient (Wildman–Crippen LogP) is 6.45. The minimum absolute atomic E-state index is 0.192. The van der Waals surface area contributed by atoms with E-state index in [9.17, 15) is 14.4 Å². The molecule has 2 heterocycles. The van der Waals surface area contributed by atoms with E-state index < -0.39 is 29.2 Å². The first-order valence-electron chi connectivity index (χ1n) is 13.0. The third-order valence-electron chi connectivity index (χ3n) is 8.56. The number of ketones is 3. The number of carbonyl (C=O) groups excluding carboxylic acids is 3. The summed E-state index contributed by atoms with van der Waals surface area (Å²) in [6.07, 6.45) is 3.75. The van der Waals surface area contributed by atoms with Crippen molar-refractivity contribution in [1.82, 2.24) is 0 Å². The molecule has 4 nitrogen and oxygen atoms in total. The Bertz CT molecular complexity index is 1690. The molecule has 1 fully saturated rings. The first-order chi connectivity index (χ1) is 18.9. The molecule has 0 radical (unpaired) electrons. The normalized spacial score (nSPS) is 22.1. The largest absolute Gasteiger partial charge is 0.352 e. The van der Waals surface area contributed by atoms with Gasteiger partial charge in [0, 0.05) is 28.3 Å². The van der Waals surface area contributed by atoms with Crippen molar-refractivity contribution < 1.29 is 18.8 Å². The number of para-hydroxylation sites is 1. The highest BCUT2D eigenvalue weighted by Gasteiger charge is 2.71. The minimum Gasteiger partial charge on any atom is -0.352 e. The second kappa shape index (κ2) is 8.43. The zero-order valence-electron chi connectivity index (χ0n) is 21.2. The molecular formula is C34H24FNO3. The fourth-order valence-corrected chi connectivity index (χ4v) is 6.88. The fraction of sp³-hybridized carbons (Fsp3) is 0.147. The number of fused-ring (bicyclic) bond motifs is 5. The van der Waals surface area contributed by atoms with E-state index in [4.69, 9.17) is 0 Å². The number of benzene rings is 4. The molecule has 0 aromatic heterocycles. The van der Waals surface area contributed by atoms with E-state index in [-0.39, 0.29) is 22.9 Å². The van der Waals surface area contributed by atoms with Gasteiger partial charge in [0.25, 0.3) is 0 Å². The summed E-state index contributed by atoms with van der Waals surface area (Å²) in [5.74, 6) is -2.59. The molecule has 190 valence electrons. The van der Waals surface area contributed by atoms with Crippen LogP contribution in [0.25, 0.3) is 6.08 Å². The van der Waals surface area contributed by atoms with Crippen LogP contribution < -0.4 is 4.90 Å². The molecule has 4 aromatic rings. The van der Waals surface area contributed by atoms with Gasteiger partial charge in [0.2, 0.25) is 0 Å². The molecule has 7 rings (SSSR count). The van der Waals surface area contributed by atoms with Crippen LogP contribution in [0, 0.1) is 18.2 Å². The highest BCUT2D eigenvalue weighted by Crippen LogP contribution is 2.61. The summed E-state index contributed by atoms with van der Waals surface area (Å²) in [6, 6.07) is 26.1. The maximum absolute atomic E-state index is 15.8. The van der Waals surface area contributed by atoms with Crippen LogP contribution in [0.1, 0.15) is 53.7 Å². The van der Waals surface area contributed by atoms with Crippen molar-refractivity contribution in [2.45, 2.75) is 24.9 Å². The van der Waals surface area contributed by atoms with E-state index in [1.807, 2.05) is 60.4 Å². The Labute approximate surface area is 225 Å². The zero-order valence-corrected chi connectivity index (χ0v) is 21.2. The lowest BCUT2D eigenvalue weighted by atomic mass is 9.64. The van der Waals surface area contributed by atoms with Gasteiger partial charge in [-0.15, -0.1) is 0 Å². The number of rotatable bonds is 3. The van der Waals surface area contributed by atoms with Gasteiger partial charge in [0.1, 0.15) is 17.3 Å². The molecule has 0 unspecified atom stereocenters. The summed E-state index contributed by atoms with van der Waals surface area (Å²) >= 11 is 0. The van der Waals surface area contributed by atoms with Gasteiger partial charge in [-0.25, -0.2) is 4.39 Å².